The largest absolute Gasteiger partial charge is 0.495 e. The Morgan fingerprint density at radius 1 is 1.21 bits per heavy atom. The van der Waals surface area contributed by atoms with Gasteiger partial charge in [0, 0.05) is 0 Å². The fraction of sp³-hybridized carbons (Fsp3) is 0.571. The zero-order valence-corrected chi connectivity index (χ0v) is 18.7. The van der Waals surface area contributed by atoms with E-state index in [9.17, 15) is 9.18 Å². The molecule has 5 nitrogen and oxygen atoms in total. The van der Waals surface area contributed by atoms with Crippen molar-refractivity contribution in [1.82, 2.24) is 0 Å². The molecule has 1 aliphatic heterocycles. The molecule has 4 atom stereocenters. The van der Waals surface area contributed by atoms with Gasteiger partial charge in [-0.05, 0) is 69.4 Å². The van der Waals surface area contributed by atoms with Crippen LogP contribution in [-0.4, -0.2) is 30.0 Å². The number of hydrogen-bond acceptors (Lipinski definition) is 5. The van der Waals surface area contributed by atoms with E-state index in [2.05, 4.69) is 33.0 Å². The molecule has 4 rings (SSSR count). The molecule has 8 heteroatoms. The minimum absolute atomic E-state index is 0.342. The van der Waals surface area contributed by atoms with Gasteiger partial charge in [0.2, 0.25) is 0 Å². The molecule has 2 heterocycles. The van der Waals surface area contributed by atoms with Crippen LogP contribution in [0.15, 0.2) is 18.2 Å². The highest BCUT2D eigenvalue weighted by Gasteiger charge is 2.71. The average molecular weight is 419 g/mol. The number of hydrogen-bond donors (Lipinski definition) is 1. The van der Waals surface area contributed by atoms with Gasteiger partial charge in [-0.15, -0.1) is 11.3 Å². The lowest BCUT2D eigenvalue weighted by atomic mass is 9.53. The quantitative estimate of drug-likeness (QED) is 0.702. The lowest BCUT2D eigenvalue weighted by Gasteiger charge is -2.60. The second-order valence-corrected chi connectivity index (χ2v) is 10.5. The standard InChI is InChI=1S/C21H27BFNO4S/c1-11-12(2)21(7)20(11,6)27-22(28-21)14-8-9-15(23)17-13(14)10-16(29-17)24-18(25)26-19(3,4)5/h8-12H,1-7H3,(H,24,25)/t11-,12?,20?,21?/m0/s1. The molecular weight excluding hydrogens is 392 g/mol. The zero-order valence-electron chi connectivity index (χ0n) is 17.9. The Hall–Kier alpha value is -1.64. The van der Waals surface area contributed by atoms with Crippen LogP contribution in [-0.2, 0) is 14.0 Å². The minimum Gasteiger partial charge on any atom is -0.444 e. The van der Waals surface area contributed by atoms with Gasteiger partial charge in [0.1, 0.15) is 11.4 Å². The number of carbonyl (C=O) groups excluding carboxylic acids is 1. The topological polar surface area (TPSA) is 56.8 Å². The number of halogens is 1. The Morgan fingerprint density at radius 3 is 2.34 bits per heavy atom. The van der Waals surface area contributed by atoms with Crippen LogP contribution in [0.2, 0.25) is 0 Å². The van der Waals surface area contributed by atoms with Crippen molar-refractivity contribution in [2.24, 2.45) is 11.8 Å². The Bertz CT molecular complexity index is 967. The van der Waals surface area contributed by atoms with E-state index in [1.165, 1.54) is 17.4 Å². The molecule has 1 saturated carbocycles. The Labute approximate surface area is 175 Å². The van der Waals surface area contributed by atoms with Gasteiger partial charge in [0.15, 0.2) is 0 Å². The molecule has 0 radical (unpaired) electrons. The summed E-state index contributed by atoms with van der Waals surface area (Å²) in [5.74, 6) is 0.381. The molecule has 156 valence electrons. The van der Waals surface area contributed by atoms with Gasteiger partial charge in [-0.3, -0.25) is 5.32 Å². The van der Waals surface area contributed by atoms with Gasteiger partial charge in [-0.1, -0.05) is 19.9 Å². The summed E-state index contributed by atoms with van der Waals surface area (Å²) in [4.78, 5) is 12.1. The molecule has 29 heavy (non-hydrogen) atoms. The number of rotatable bonds is 2. The summed E-state index contributed by atoms with van der Waals surface area (Å²) in [7, 11) is -0.579. The van der Waals surface area contributed by atoms with Crippen LogP contribution >= 0.6 is 11.3 Å². The average Bonchev–Trinajstić information content (AvgIpc) is 3.12. The van der Waals surface area contributed by atoms with E-state index in [1.54, 1.807) is 32.9 Å². The van der Waals surface area contributed by atoms with Crippen molar-refractivity contribution in [3.05, 3.63) is 24.0 Å². The van der Waals surface area contributed by atoms with E-state index in [0.29, 0.717) is 26.9 Å². The van der Waals surface area contributed by atoms with Crippen LogP contribution in [0.5, 0.6) is 0 Å². The number of anilines is 1. The number of ether oxygens (including phenoxy) is 1. The molecule has 1 aromatic carbocycles. The first-order chi connectivity index (χ1) is 13.4. The van der Waals surface area contributed by atoms with Crippen LogP contribution in [0.3, 0.4) is 0 Å². The Kier molecular flexibility index (Phi) is 4.57. The van der Waals surface area contributed by atoms with E-state index in [1.807, 2.05) is 0 Å². The van der Waals surface area contributed by atoms with E-state index in [-0.39, 0.29) is 17.0 Å². The van der Waals surface area contributed by atoms with Gasteiger partial charge >= 0.3 is 13.2 Å². The molecule has 2 aromatic rings. The van der Waals surface area contributed by atoms with E-state index in [0.717, 1.165) is 5.46 Å². The van der Waals surface area contributed by atoms with Crippen LogP contribution in [0.25, 0.3) is 10.1 Å². The van der Waals surface area contributed by atoms with Crippen molar-refractivity contribution in [2.75, 3.05) is 5.32 Å². The van der Waals surface area contributed by atoms with Gasteiger partial charge in [0.25, 0.3) is 0 Å². The molecule has 0 bridgehead atoms. The van der Waals surface area contributed by atoms with Crippen molar-refractivity contribution in [2.45, 2.75) is 65.3 Å². The van der Waals surface area contributed by atoms with Gasteiger partial charge in [-0.2, -0.15) is 0 Å². The molecule has 1 aromatic heterocycles. The van der Waals surface area contributed by atoms with Gasteiger partial charge < -0.3 is 14.0 Å². The summed E-state index contributed by atoms with van der Waals surface area (Å²) in [6.45, 7) is 13.9. The summed E-state index contributed by atoms with van der Waals surface area (Å²) in [5.41, 5.74) is -0.608. The summed E-state index contributed by atoms with van der Waals surface area (Å²) < 4.78 is 33.0. The molecule has 1 N–H and O–H groups in total. The van der Waals surface area contributed by atoms with Gasteiger partial charge in [0.05, 0.1) is 20.9 Å². The van der Waals surface area contributed by atoms with Crippen LogP contribution < -0.4 is 10.8 Å². The zero-order chi connectivity index (χ0) is 21.4. The van der Waals surface area contributed by atoms with Crippen LogP contribution in [0, 0.1) is 17.7 Å². The number of fused-ring (bicyclic) bond motifs is 2. The lowest BCUT2D eigenvalue weighted by Crippen LogP contribution is -2.69. The second-order valence-electron chi connectivity index (χ2n) is 9.48. The van der Waals surface area contributed by atoms with Gasteiger partial charge in [-0.25, -0.2) is 9.18 Å². The Balaban J connectivity index is 1.66. The van der Waals surface area contributed by atoms with Crippen molar-refractivity contribution in [3.63, 3.8) is 0 Å². The molecule has 1 amide bonds. The number of benzene rings is 1. The fourth-order valence-corrected chi connectivity index (χ4v) is 5.57. The summed E-state index contributed by atoms with van der Waals surface area (Å²) in [6.07, 6.45) is -0.569. The van der Waals surface area contributed by atoms with Crippen LogP contribution in [0.4, 0.5) is 14.2 Å². The summed E-state index contributed by atoms with van der Waals surface area (Å²) in [6, 6.07) is 4.89. The Morgan fingerprint density at radius 2 is 1.79 bits per heavy atom. The molecule has 3 unspecified atom stereocenters. The predicted molar refractivity (Wildman–Crippen MR) is 114 cm³/mol. The molecular formula is C21H27BFNO4S. The third kappa shape index (κ3) is 3.07. The summed E-state index contributed by atoms with van der Waals surface area (Å²) >= 11 is 1.17. The highest BCUT2D eigenvalue weighted by Crippen LogP contribution is 2.60. The van der Waals surface area contributed by atoms with Crippen LogP contribution in [0.1, 0.15) is 48.5 Å². The monoisotopic (exact) mass is 419 g/mol. The normalized spacial score (nSPS) is 31.5. The summed E-state index contributed by atoms with van der Waals surface area (Å²) in [5, 5.41) is 3.90. The van der Waals surface area contributed by atoms with E-state index in [4.69, 9.17) is 14.0 Å². The third-order valence-electron chi connectivity index (χ3n) is 6.72. The molecule has 0 spiro atoms. The van der Waals surface area contributed by atoms with E-state index < -0.39 is 18.8 Å². The highest BCUT2D eigenvalue weighted by atomic mass is 32.1. The SMILES string of the molecule is CC1[C@H](C)C2(C)OB(c3ccc(F)c4sc(NC(=O)OC(C)(C)C)cc34)OC12C. The number of thiophene rings is 1. The predicted octanol–water partition coefficient (Wildman–Crippen LogP) is 4.93. The highest BCUT2D eigenvalue weighted by molar-refractivity contribution is 7.23. The lowest BCUT2D eigenvalue weighted by molar-refractivity contribution is -0.202. The molecule has 1 aliphatic carbocycles. The third-order valence-corrected chi connectivity index (χ3v) is 7.78. The maximum Gasteiger partial charge on any atom is 0.495 e. The minimum atomic E-state index is -0.611. The number of carbonyl (C=O) groups is 1. The number of nitrogens with one attached hydrogen (secondary N) is 1. The molecule has 1 saturated heterocycles. The fourth-order valence-electron chi connectivity index (χ4n) is 4.59. The number of amides is 1. The van der Waals surface area contributed by atoms with E-state index >= 15 is 0 Å². The van der Waals surface area contributed by atoms with Crippen molar-refractivity contribution < 1.29 is 23.2 Å². The maximum atomic E-state index is 14.5. The first-order valence-corrected chi connectivity index (χ1v) is 10.7. The molecule has 2 fully saturated rings. The first-order valence-electron chi connectivity index (χ1n) is 9.93. The van der Waals surface area contributed by atoms with Crippen molar-refractivity contribution in [3.8, 4) is 0 Å². The second kappa shape index (κ2) is 6.43. The first kappa shape index (κ1) is 20.6. The van der Waals surface area contributed by atoms with Crippen molar-refractivity contribution >= 4 is 45.1 Å². The molecule has 2 aliphatic rings. The smallest absolute Gasteiger partial charge is 0.444 e. The van der Waals surface area contributed by atoms with Crippen molar-refractivity contribution in [1.29, 1.82) is 0 Å². The maximum absolute atomic E-state index is 14.5.